The van der Waals surface area contributed by atoms with Crippen molar-refractivity contribution in [1.82, 2.24) is 5.32 Å². The molecule has 0 heterocycles. The van der Waals surface area contributed by atoms with Crippen molar-refractivity contribution < 1.29 is 19.1 Å². The lowest BCUT2D eigenvalue weighted by molar-refractivity contribution is -0.148. The number of rotatable bonds is 6. The van der Waals surface area contributed by atoms with Crippen molar-refractivity contribution in [3.63, 3.8) is 0 Å². The molecular weight excluding hydrogens is 296 g/mol. The van der Waals surface area contributed by atoms with Gasteiger partial charge in [0.15, 0.2) is 5.78 Å². The van der Waals surface area contributed by atoms with Gasteiger partial charge in [-0.3, -0.25) is 9.59 Å². The van der Waals surface area contributed by atoms with Gasteiger partial charge >= 0.3 is 5.97 Å². The van der Waals surface area contributed by atoms with Crippen LogP contribution >= 0.6 is 0 Å². The highest BCUT2D eigenvalue weighted by atomic mass is 16.5. The highest BCUT2D eigenvalue weighted by molar-refractivity contribution is 6.20. The molecule has 0 saturated heterocycles. The Balaban J connectivity index is 0.000000322. The molecule has 0 aliphatic heterocycles. The third-order valence-corrected chi connectivity index (χ3v) is 3.22. The summed E-state index contributed by atoms with van der Waals surface area (Å²) in [4.78, 5) is 31.1. The first kappa shape index (κ1) is 18.5. The van der Waals surface area contributed by atoms with Gasteiger partial charge in [-0.25, -0.2) is 4.79 Å². The minimum atomic E-state index is -0.803. The van der Waals surface area contributed by atoms with E-state index in [-0.39, 0.29) is 18.7 Å². The molecule has 0 radical (unpaired) electrons. The van der Waals surface area contributed by atoms with Crippen LogP contribution in [-0.4, -0.2) is 38.2 Å². The lowest BCUT2D eigenvalue weighted by Gasteiger charge is -2.07. The molecule has 2 rings (SSSR count). The van der Waals surface area contributed by atoms with Gasteiger partial charge < -0.3 is 10.1 Å². The van der Waals surface area contributed by atoms with Crippen LogP contribution in [0, 0.1) is 11.3 Å². The van der Waals surface area contributed by atoms with E-state index in [4.69, 9.17) is 5.26 Å². The Kier molecular flexibility index (Phi) is 7.64. The van der Waals surface area contributed by atoms with E-state index in [9.17, 15) is 14.4 Å². The third-order valence-electron chi connectivity index (χ3n) is 3.22. The zero-order valence-corrected chi connectivity index (χ0v) is 13.3. The molecule has 122 valence electrons. The molecular formula is C17H20N2O4. The molecule has 6 nitrogen and oxygen atoms in total. The van der Waals surface area contributed by atoms with Crippen LogP contribution in [0.3, 0.4) is 0 Å². The lowest BCUT2D eigenvalue weighted by atomic mass is 9.97. The van der Waals surface area contributed by atoms with E-state index in [2.05, 4.69) is 16.1 Å². The number of nitrogens with one attached hydrogen (secondary N) is 1. The van der Waals surface area contributed by atoms with Gasteiger partial charge in [-0.2, -0.15) is 5.26 Å². The van der Waals surface area contributed by atoms with Crippen molar-refractivity contribution in [2.24, 2.45) is 0 Å². The van der Waals surface area contributed by atoms with E-state index in [1.165, 1.54) is 0 Å². The van der Waals surface area contributed by atoms with Crippen molar-refractivity contribution >= 4 is 18.0 Å². The fraction of sp³-hybridized carbons (Fsp3) is 0.412. The third kappa shape index (κ3) is 6.01. The minimum absolute atomic E-state index is 0.0708. The molecule has 1 aliphatic carbocycles. The maximum absolute atomic E-state index is 11.9. The first-order chi connectivity index (χ1) is 11.1. The zero-order chi connectivity index (χ0) is 17.2. The molecule has 1 N–H and O–H groups in total. The summed E-state index contributed by atoms with van der Waals surface area (Å²) < 4.78 is 4.18. The van der Waals surface area contributed by atoms with Crippen molar-refractivity contribution in [2.75, 3.05) is 20.2 Å². The number of carbonyl (C=O) groups excluding carboxylic acids is 3. The van der Waals surface area contributed by atoms with Gasteiger partial charge in [0.25, 0.3) is 0 Å². The van der Waals surface area contributed by atoms with Crippen molar-refractivity contribution in [1.29, 1.82) is 5.26 Å². The normalized spacial score (nSPS) is 12.4. The van der Waals surface area contributed by atoms with Crippen molar-refractivity contribution in [2.45, 2.75) is 25.7 Å². The van der Waals surface area contributed by atoms with Crippen LogP contribution in [0.4, 0.5) is 0 Å². The summed E-state index contributed by atoms with van der Waals surface area (Å²) in [5.74, 6) is -0.201. The number of benzene rings is 1. The van der Waals surface area contributed by atoms with Crippen LogP contribution in [0.1, 0.15) is 47.2 Å². The van der Waals surface area contributed by atoms with Crippen LogP contribution in [0.5, 0.6) is 0 Å². The van der Waals surface area contributed by atoms with Gasteiger partial charge in [0.05, 0.1) is 24.8 Å². The van der Waals surface area contributed by atoms with Gasteiger partial charge in [-0.15, -0.1) is 0 Å². The van der Waals surface area contributed by atoms with Gasteiger partial charge in [0.2, 0.25) is 6.29 Å². The maximum Gasteiger partial charge on any atom is 0.371 e. The largest absolute Gasteiger partial charge is 0.460 e. The Morgan fingerprint density at radius 2 is 2.13 bits per heavy atom. The number of nitriles is 1. The summed E-state index contributed by atoms with van der Waals surface area (Å²) in [5.41, 5.74) is 2.39. The molecule has 0 bridgehead atoms. The van der Waals surface area contributed by atoms with Gasteiger partial charge in [0, 0.05) is 5.56 Å². The second kappa shape index (κ2) is 9.49. The average molecular weight is 316 g/mol. The molecule has 1 saturated carbocycles. The standard InChI is InChI=1S/C13H14N2O.C4H6O3/c1-15-8-13(16)12-6-9(7-14)2-5-11(12)10-3-4-10;1-2-7-4(6)3-5/h2,5-6,10,15H,3-4,8H2,1H3;3H,2H2,1H3. The summed E-state index contributed by atoms with van der Waals surface area (Å²) in [6.07, 6.45) is 2.46. The van der Waals surface area contributed by atoms with Crippen LogP contribution in [-0.2, 0) is 14.3 Å². The molecule has 6 heteroatoms. The lowest BCUT2D eigenvalue weighted by Crippen LogP contribution is -2.19. The van der Waals surface area contributed by atoms with E-state index < -0.39 is 5.97 Å². The Morgan fingerprint density at radius 1 is 1.43 bits per heavy atom. The van der Waals surface area contributed by atoms with Crippen molar-refractivity contribution in [3.8, 4) is 6.07 Å². The van der Waals surface area contributed by atoms with Gasteiger partial charge in [-0.1, -0.05) is 6.07 Å². The highest BCUT2D eigenvalue weighted by Gasteiger charge is 2.27. The zero-order valence-electron chi connectivity index (χ0n) is 13.3. The number of hydrogen-bond acceptors (Lipinski definition) is 6. The summed E-state index contributed by atoms with van der Waals surface area (Å²) in [7, 11) is 1.75. The van der Waals surface area contributed by atoms with Crippen LogP contribution < -0.4 is 5.32 Å². The van der Waals surface area contributed by atoms with Crippen LogP contribution in [0.15, 0.2) is 18.2 Å². The molecule has 1 aromatic rings. The fourth-order valence-electron chi connectivity index (χ4n) is 2.05. The molecule has 1 aromatic carbocycles. The van der Waals surface area contributed by atoms with E-state index in [1.54, 1.807) is 26.1 Å². The summed E-state index contributed by atoms with van der Waals surface area (Å²) in [6, 6.07) is 7.52. The van der Waals surface area contributed by atoms with E-state index in [1.807, 2.05) is 6.07 Å². The number of ether oxygens (including phenoxy) is 1. The molecule has 0 atom stereocenters. The Hall–Kier alpha value is -2.52. The number of likely N-dealkylation sites (N-methyl/N-ethyl adjacent to an activating group) is 1. The first-order valence-electron chi connectivity index (χ1n) is 7.41. The van der Waals surface area contributed by atoms with Gasteiger partial charge in [-0.05, 0) is 50.4 Å². The molecule has 1 aliphatic rings. The smallest absolute Gasteiger partial charge is 0.371 e. The summed E-state index contributed by atoms with van der Waals surface area (Å²) >= 11 is 0. The molecule has 0 amide bonds. The molecule has 0 unspecified atom stereocenters. The maximum atomic E-state index is 11.9. The molecule has 0 spiro atoms. The molecule has 1 fully saturated rings. The number of aldehydes is 1. The number of esters is 1. The van der Waals surface area contributed by atoms with E-state index in [0.717, 1.165) is 24.0 Å². The van der Waals surface area contributed by atoms with Gasteiger partial charge in [0.1, 0.15) is 0 Å². The van der Waals surface area contributed by atoms with Crippen molar-refractivity contribution in [3.05, 3.63) is 34.9 Å². The number of nitrogens with zero attached hydrogens (tertiary/aromatic N) is 1. The number of Topliss-reactive ketones (excluding diaryl/α,β-unsaturated/α-hetero) is 1. The summed E-state index contributed by atoms with van der Waals surface area (Å²) in [6.45, 7) is 2.23. The monoisotopic (exact) mass is 316 g/mol. The number of carbonyl (C=O) groups is 3. The Morgan fingerprint density at radius 3 is 2.57 bits per heavy atom. The average Bonchev–Trinajstić information content (AvgIpc) is 3.40. The quantitative estimate of drug-likeness (QED) is 0.370. The highest BCUT2D eigenvalue weighted by Crippen LogP contribution is 2.41. The summed E-state index contributed by atoms with van der Waals surface area (Å²) in [5, 5.41) is 11.7. The Labute approximate surface area is 135 Å². The first-order valence-corrected chi connectivity index (χ1v) is 7.41. The number of hydrogen-bond donors (Lipinski definition) is 1. The van der Waals surface area contributed by atoms with E-state index >= 15 is 0 Å². The topological polar surface area (TPSA) is 96.3 Å². The molecule has 23 heavy (non-hydrogen) atoms. The van der Waals surface area contributed by atoms with E-state index in [0.29, 0.717) is 18.0 Å². The SMILES string of the molecule is CCOC(=O)C=O.CNCC(=O)c1cc(C#N)ccc1C1CC1. The number of ketones is 1. The van der Waals surface area contributed by atoms with Crippen LogP contribution in [0.25, 0.3) is 0 Å². The predicted octanol–water partition coefficient (Wildman–Crippen LogP) is 1.59. The minimum Gasteiger partial charge on any atom is -0.460 e. The predicted molar refractivity (Wildman–Crippen MR) is 84.1 cm³/mol. The molecule has 0 aromatic heterocycles. The second-order valence-corrected chi connectivity index (χ2v) is 5.01. The van der Waals surface area contributed by atoms with Crippen LogP contribution in [0.2, 0.25) is 0 Å². The fourth-order valence-corrected chi connectivity index (χ4v) is 2.05. The Bertz CT molecular complexity index is 616. The second-order valence-electron chi connectivity index (χ2n) is 5.01.